The number of aromatic carboxylic acids is 1. The van der Waals surface area contributed by atoms with E-state index in [1.165, 1.54) is 19.1 Å². The molecule has 5 nitrogen and oxygen atoms in total. The molecule has 0 atom stereocenters. The predicted octanol–water partition coefficient (Wildman–Crippen LogP) is 2.19. The van der Waals surface area contributed by atoms with Crippen LogP contribution in [0.5, 0.6) is 5.75 Å². The molecule has 0 saturated heterocycles. The van der Waals surface area contributed by atoms with Crippen molar-refractivity contribution < 1.29 is 23.9 Å². The molecular formula is C11H8FNO4. The first-order valence-corrected chi connectivity index (χ1v) is 4.69. The number of carbonyl (C=O) groups is 1. The number of aromatic nitrogens is 1. The number of rotatable bonds is 2. The minimum absolute atomic E-state index is 0.0683. The Morgan fingerprint density at radius 2 is 2.18 bits per heavy atom. The van der Waals surface area contributed by atoms with Crippen molar-refractivity contribution in [3.05, 3.63) is 35.3 Å². The summed E-state index contributed by atoms with van der Waals surface area (Å²) in [6, 6.07) is 4.02. The molecule has 0 saturated carbocycles. The normalized spacial score (nSPS) is 10.5. The first-order chi connectivity index (χ1) is 8.00. The molecule has 88 valence electrons. The highest BCUT2D eigenvalue weighted by Crippen LogP contribution is 2.32. The maximum Gasteiger partial charge on any atom is 0.374 e. The van der Waals surface area contributed by atoms with Crippen LogP contribution in [-0.4, -0.2) is 21.3 Å². The number of hydrogen-bond acceptors (Lipinski definition) is 4. The smallest absolute Gasteiger partial charge is 0.374 e. The van der Waals surface area contributed by atoms with Crippen LogP contribution in [0.15, 0.2) is 22.7 Å². The van der Waals surface area contributed by atoms with Gasteiger partial charge in [-0.3, -0.25) is 0 Å². The Morgan fingerprint density at radius 1 is 1.47 bits per heavy atom. The lowest BCUT2D eigenvalue weighted by atomic mass is 10.1. The van der Waals surface area contributed by atoms with Gasteiger partial charge in [-0.05, 0) is 18.6 Å². The number of nitrogens with zero attached hydrogens (tertiary/aromatic N) is 1. The van der Waals surface area contributed by atoms with Gasteiger partial charge in [0.25, 0.3) is 0 Å². The summed E-state index contributed by atoms with van der Waals surface area (Å²) in [6.45, 7) is 1.50. The number of aromatic hydroxyl groups is 1. The van der Waals surface area contributed by atoms with Crippen LogP contribution < -0.4 is 0 Å². The van der Waals surface area contributed by atoms with Crippen molar-refractivity contribution in [3.63, 3.8) is 0 Å². The van der Waals surface area contributed by atoms with Crippen molar-refractivity contribution in [2.45, 2.75) is 6.92 Å². The molecule has 0 spiro atoms. The summed E-state index contributed by atoms with van der Waals surface area (Å²) in [7, 11) is 0. The van der Waals surface area contributed by atoms with Gasteiger partial charge in [0.15, 0.2) is 11.6 Å². The molecule has 17 heavy (non-hydrogen) atoms. The molecule has 1 aromatic carbocycles. The van der Waals surface area contributed by atoms with Crippen LogP contribution in [0.25, 0.3) is 11.3 Å². The second-order valence-corrected chi connectivity index (χ2v) is 3.47. The van der Waals surface area contributed by atoms with E-state index in [0.29, 0.717) is 0 Å². The maximum absolute atomic E-state index is 13.4. The number of benzene rings is 1. The first kappa shape index (κ1) is 11.1. The van der Waals surface area contributed by atoms with Crippen molar-refractivity contribution in [1.29, 1.82) is 0 Å². The summed E-state index contributed by atoms with van der Waals surface area (Å²) in [6.07, 6.45) is 0. The van der Waals surface area contributed by atoms with E-state index in [2.05, 4.69) is 9.68 Å². The lowest BCUT2D eigenvalue weighted by Crippen LogP contribution is -1.91. The first-order valence-electron chi connectivity index (χ1n) is 4.69. The van der Waals surface area contributed by atoms with Gasteiger partial charge < -0.3 is 14.7 Å². The molecule has 0 aliphatic rings. The molecule has 6 heteroatoms. The maximum atomic E-state index is 13.4. The van der Waals surface area contributed by atoms with E-state index in [-0.39, 0.29) is 22.6 Å². The molecule has 0 radical (unpaired) electrons. The molecule has 0 aliphatic carbocycles. The van der Waals surface area contributed by atoms with Crippen LogP contribution in [0.2, 0.25) is 0 Å². The molecule has 2 aromatic rings. The summed E-state index contributed by atoms with van der Waals surface area (Å²) in [5.74, 6) is -2.99. The predicted molar refractivity (Wildman–Crippen MR) is 55.3 cm³/mol. The largest absolute Gasteiger partial charge is 0.504 e. The summed E-state index contributed by atoms with van der Waals surface area (Å²) < 4.78 is 17.9. The third kappa shape index (κ3) is 1.84. The topological polar surface area (TPSA) is 83.6 Å². The fraction of sp³-hybridized carbons (Fsp3) is 0.0909. The van der Waals surface area contributed by atoms with Gasteiger partial charge in [-0.2, -0.15) is 0 Å². The highest BCUT2D eigenvalue weighted by molar-refractivity contribution is 5.86. The van der Waals surface area contributed by atoms with Crippen LogP contribution in [0, 0.1) is 12.7 Å². The quantitative estimate of drug-likeness (QED) is 0.836. The lowest BCUT2D eigenvalue weighted by molar-refractivity contribution is 0.0652. The van der Waals surface area contributed by atoms with Crippen molar-refractivity contribution in [3.8, 4) is 17.0 Å². The molecule has 2 rings (SSSR count). The van der Waals surface area contributed by atoms with E-state index in [1.807, 2.05) is 0 Å². The fourth-order valence-electron chi connectivity index (χ4n) is 1.38. The van der Waals surface area contributed by atoms with E-state index in [4.69, 9.17) is 5.11 Å². The summed E-state index contributed by atoms with van der Waals surface area (Å²) in [4.78, 5) is 10.6. The standard InChI is InChI=1S/C11H8FNO4/c1-5-2-3-6(10(14)9(5)12)7-4-8(11(15)16)17-13-7/h2-4,14H,1H3,(H,15,16). The van der Waals surface area contributed by atoms with Gasteiger partial charge in [0, 0.05) is 11.6 Å². The van der Waals surface area contributed by atoms with E-state index in [0.717, 1.165) is 6.07 Å². The Morgan fingerprint density at radius 3 is 2.76 bits per heavy atom. The zero-order valence-electron chi connectivity index (χ0n) is 8.77. The van der Waals surface area contributed by atoms with Crippen LogP contribution >= 0.6 is 0 Å². The molecule has 1 heterocycles. The van der Waals surface area contributed by atoms with Crippen molar-refractivity contribution in [1.82, 2.24) is 5.16 Å². The Hall–Kier alpha value is -2.37. The van der Waals surface area contributed by atoms with E-state index in [1.54, 1.807) is 0 Å². The molecule has 0 aliphatic heterocycles. The zero-order chi connectivity index (χ0) is 12.6. The number of carboxylic acid groups (broad SMARTS) is 1. The number of phenols is 1. The summed E-state index contributed by atoms with van der Waals surface area (Å²) in [5, 5.41) is 21.7. The zero-order valence-corrected chi connectivity index (χ0v) is 8.77. The van der Waals surface area contributed by atoms with Gasteiger partial charge in [-0.15, -0.1) is 0 Å². The van der Waals surface area contributed by atoms with Gasteiger partial charge in [-0.1, -0.05) is 11.2 Å². The highest BCUT2D eigenvalue weighted by atomic mass is 19.1. The number of halogens is 1. The Labute approximate surface area is 95.1 Å². The third-order valence-corrected chi connectivity index (χ3v) is 2.31. The van der Waals surface area contributed by atoms with Gasteiger partial charge >= 0.3 is 5.97 Å². The number of aryl methyl sites for hydroxylation is 1. The second-order valence-electron chi connectivity index (χ2n) is 3.47. The van der Waals surface area contributed by atoms with Gasteiger partial charge in [0.2, 0.25) is 5.76 Å². The van der Waals surface area contributed by atoms with Crippen molar-refractivity contribution >= 4 is 5.97 Å². The fourth-order valence-corrected chi connectivity index (χ4v) is 1.38. The van der Waals surface area contributed by atoms with E-state index >= 15 is 0 Å². The highest BCUT2D eigenvalue weighted by Gasteiger charge is 2.17. The minimum Gasteiger partial charge on any atom is -0.504 e. The Bertz CT molecular complexity index is 591. The molecular weight excluding hydrogens is 229 g/mol. The summed E-state index contributed by atoms with van der Waals surface area (Å²) >= 11 is 0. The van der Waals surface area contributed by atoms with Crippen LogP contribution in [0.3, 0.4) is 0 Å². The molecule has 0 unspecified atom stereocenters. The van der Waals surface area contributed by atoms with Gasteiger partial charge in [-0.25, -0.2) is 9.18 Å². The van der Waals surface area contributed by atoms with Crippen LogP contribution in [0.4, 0.5) is 4.39 Å². The monoisotopic (exact) mass is 237 g/mol. The van der Waals surface area contributed by atoms with E-state index in [9.17, 15) is 14.3 Å². The molecule has 0 amide bonds. The molecule has 0 bridgehead atoms. The number of hydrogen-bond donors (Lipinski definition) is 2. The van der Waals surface area contributed by atoms with Crippen molar-refractivity contribution in [2.75, 3.05) is 0 Å². The lowest BCUT2D eigenvalue weighted by Gasteiger charge is -2.03. The van der Waals surface area contributed by atoms with E-state index < -0.39 is 17.5 Å². The van der Waals surface area contributed by atoms with Crippen LogP contribution in [-0.2, 0) is 0 Å². The SMILES string of the molecule is Cc1ccc(-c2cc(C(=O)O)on2)c(O)c1F. The van der Waals surface area contributed by atoms with Crippen molar-refractivity contribution in [2.24, 2.45) is 0 Å². The molecule has 0 fully saturated rings. The Balaban J connectivity index is 2.53. The summed E-state index contributed by atoms with van der Waals surface area (Å²) in [5.41, 5.74) is 0.441. The van der Waals surface area contributed by atoms with Crippen LogP contribution in [0.1, 0.15) is 16.1 Å². The third-order valence-electron chi connectivity index (χ3n) is 2.31. The Kier molecular flexibility index (Phi) is 2.55. The van der Waals surface area contributed by atoms with Gasteiger partial charge in [0.1, 0.15) is 5.69 Å². The average molecular weight is 237 g/mol. The average Bonchev–Trinajstić information content (AvgIpc) is 2.75. The number of carboxylic acids is 1. The molecule has 1 aromatic heterocycles. The van der Waals surface area contributed by atoms with Gasteiger partial charge in [0.05, 0.1) is 0 Å². The molecule has 2 N–H and O–H groups in total. The second kappa shape index (κ2) is 3.89. The number of phenolic OH excluding ortho intramolecular Hbond substituents is 1. The minimum atomic E-state index is -1.28.